The third-order valence-electron chi connectivity index (χ3n) is 3.94. The minimum absolute atomic E-state index is 0.0127. The molecule has 2 atom stereocenters. The lowest BCUT2D eigenvalue weighted by Gasteiger charge is -2.27. The molecule has 114 valence electrons. The van der Waals surface area contributed by atoms with Crippen molar-refractivity contribution in [3.05, 3.63) is 35.4 Å². The first-order valence-electron chi connectivity index (χ1n) is 7.61. The maximum Gasteiger partial charge on any atom is 0.316 e. The molecule has 2 unspecified atom stereocenters. The van der Waals surface area contributed by atoms with Crippen molar-refractivity contribution in [2.75, 3.05) is 0 Å². The van der Waals surface area contributed by atoms with Crippen LogP contribution in [0, 0.1) is 11.8 Å². The van der Waals surface area contributed by atoms with E-state index in [4.69, 9.17) is 4.74 Å². The normalized spacial score (nSPS) is 19.5. The van der Waals surface area contributed by atoms with Crippen LogP contribution in [0.15, 0.2) is 24.3 Å². The highest BCUT2D eigenvalue weighted by molar-refractivity contribution is 6.00. The fourth-order valence-corrected chi connectivity index (χ4v) is 2.80. The van der Waals surface area contributed by atoms with Gasteiger partial charge in [-0.05, 0) is 58.1 Å². The summed E-state index contributed by atoms with van der Waals surface area (Å²) in [5.74, 6) is -1.15. The SMILES string of the molecule is CC(C(=O)OC(C)(C)C)C(=O)C1CCc2ccccc2C1. The highest BCUT2D eigenvalue weighted by Crippen LogP contribution is 2.28. The Balaban J connectivity index is 2.03. The van der Waals surface area contributed by atoms with E-state index in [2.05, 4.69) is 12.1 Å². The summed E-state index contributed by atoms with van der Waals surface area (Å²) in [6.07, 6.45) is 2.47. The molecular weight excluding hydrogens is 264 g/mol. The number of Topliss-reactive ketones (excluding diaryl/α,β-unsaturated/α-hetero) is 1. The van der Waals surface area contributed by atoms with E-state index in [0.29, 0.717) is 0 Å². The number of hydrogen-bond donors (Lipinski definition) is 0. The van der Waals surface area contributed by atoms with Gasteiger partial charge in [0, 0.05) is 5.92 Å². The first kappa shape index (κ1) is 15.7. The fraction of sp³-hybridized carbons (Fsp3) is 0.556. The Kier molecular flexibility index (Phi) is 4.50. The number of benzene rings is 1. The maximum atomic E-state index is 12.5. The monoisotopic (exact) mass is 288 g/mol. The number of fused-ring (bicyclic) bond motifs is 1. The average molecular weight is 288 g/mol. The van der Waals surface area contributed by atoms with Crippen molar-refractivity contribution in [3.8, 4) is 0 Å². The van der Waals surface area contributed by atoms with Crippen molar-refractivity contribution in [1.82, 2.24) is 0 Å². The summed E-state index contributed by atoms with van der Waals surface area (Å²) in [5, 5.41) is 0. The summed E-state index contributed by atoms with van der Waals surface area (Å²) >= 11 is 0. The van der Waals surface area contributed by atoms with Crippen LogP contribution >= 0.6 is 0 Å². The number of ether oxygens (including phenoxy) is 1. The fourth-order valence-electron chi connectivity index (χ4n) is 2.80. The molecule has 2 rings (SSSR count). The highest BCUT2D eigenvalue weighted by Gasteiger charge is 2.33. The number of carbonyl (C=O) groups excluding carboxylic acids is 2. The second-order valence-corrected chi connectivity index (χ2v) is 6.87. The minimum atomic E-state index is -0.681. The van der Waals surface area contributed by atoms with Gasteiger partial charge in [-0.2, -0.15) is 0 Å². The maximum absolute atomic E-state index is 12.5. The van der Waals surface area contributed by atoms with Crippen LogP contribution in [-0.4, -0.2) is 17.4 Å². The third-order valence-corrected chi connectivity index (χ3v) is 3.94. The lowest BCUT2D eigenvalue weighted by atomic mass is 9.79. The third kappa shape index (κ3) is 3.93. The van der Waals surface area contributed by atoms with Gasteiger partial charge in [0.25, 0.3) is 0 Å². The van der Waals surface area contributed by atoms with Gasteiger partial charge >= 0.3 is 5.97 Å². The van der Waals surface area contributed by atoms with Crippen LogP contribution in [0.1, 0.15) is 45.2 Å². The van der Waals surface area contributed by atoms with Gasteiger partial charge in [-0.3, -0.25) is 9.59 Å². The van der Waals surface area contributed by atoms with E-state index in [1.165, 1.54) is 11.1 Å². The molecule has 0 aliphatic heterocycles. The molecule has 1 aliphatic rings. The summed E-state index contributed by atoms with van der Waals surface area (Å²) in [6.45, 7) is 7.12. The summed E-state index contributed by atoms with van der Waals surface area (Å²) in [6, 6.07) is 8.23. The highest BCUT2D eigenvalue weighted by atomic mass is 16.6. The standard InChI is InChI=1S/C18H24O3/c1-12(17(20)21-18(2,3)4)16(19)15-10-9-13-7-5-6-8-14(13)11-15/h5-8,12,15H,9-11H2,1-4H3. The Bertz CT molecular complexity index is 540. The Hall–Kier alpha value is -1.64. The molecular formula is C18H24O3. The predicted octanol–water partition coefficient (Wildman–Crippen LogP) is 3.34. The van der Waals surface area contributed by atoms with Crippen molar-refractivity contribution in [2.24, 2.45) is 11.8 Å². The van der Waals surface area contributed by atoms with E-state index in [9.17, 15) is 9.59 Å². The van der Waals surface area contributed by atoms with Crippen molar-refractivity contribution in [3.63, 3.8) is 0 Å². The number of hydrogen-bond acceptors (Lipinski definition) is 3. The molecule has 1 aliphatic carbocycles. The first-order valence-corrected chi connectivity index (χ1v) is 7.61. The second-order valence-electron chi connectivity index (χ2n) is 6.87. The molecule has 0 amide bonds. The van der Waals surface area contributed by atoms with E-state index < -0.39 is 17.5 Å². The Morgan fingerprint density at radius 2 is 1.81 bits per heavy atom. The molecule has 0 bridgehead atoms. The second kappa shape index (κ2) is 6.00. The van der Waals surface area contributed by atoms with E-state index in [0.717, 1.165) is 19.3 Å². The van der Waals surface area contributed by atoms with Gasteiger partial charge in [0.2, 0.25) is 0 Å². The van der Waals surface area contributed by atoms with Crippen molar-refractivity contribution in [2.45, 2.75) is 52.6 Å². The zero-order chi connectivity index (χ0) is 15.6. The molecule has 0 saturated carbocycles. The molecule has 21 heavy (non-hydrogen) atoms. The number of ketones is 1. The van der Waals surface area contributed by atoms with Crippen LogP contribution in [0.3, 0.4) is 0 Å². The van der Waals surface area contributed by atoms with E-state index in [-0.39, 0.29) is 11.7 Å². The Morgan fingerprint density at radius 1 is 1.19 bits per heavy atom. The van der Waals surface area contributed by atoms with E-state index in [1.54, 1.807) is 6.92 Å². The topological polar surface area (TPSA) is 43.4 Å². The summed E-state index contributed by atoms with van der Waals surface area (Å²) in [7, 11) is 0. The summed E-state index contributed by atoms with van der Waals surface area (Å²) < 4.78 is 5.32. The smallest absolute Gasteiger partial charge is 0.316 e. The van der Waals surface area contributed by atoms with Gasteiger partial charge < -0.3 is 4.74 Å². The van der Waals surface area contributed by atoms with Gasteiger partial charge in [0.1, 0.15) is 17.3 Å². The van der Waals surface area contributed by atoms with Crippen molar-refractivity contribution < 1.29 is 14.3 Å². The molecule has 0 heterocycles. The molecule has 3 heteroatoms. The largest absolute Gasteiger partial charge is 0.459 e. The quantitative estimate of drug-likeness (QED) is 0.633. The summed E-state index contributed by atoms with van der Waals surface area (Å²) in [4.78, 5) is 24.6. The van der Waals surface area contributed by atoms with Gasteiger partial charge in [-0.15, -0.1) is 0 Å². The number of aryl methyl sites for hydroxylation is 1. The van der Waals surface area contributed by atoms with Crippen LogP contribution in [0.25, 0.3) is 0 Å². The van der Waals surface area contributed by atoms with Crippen LogP contribution in [-0.2, 0) is 27.2 Å². The average Bonchev–Trinajstić information content (AvgIpc) is 2.43. The number of rotatable bonds is 3. The van der Waals surface area contributed by atoms with Crippen LogP contribution < -0.4 is 0 Å². The van der Waals surface area contributed by atoms with Gasteiger partial charge in [-0.1, -0.05) is 24.3 Å². The van der Waals surface area contributed by atoms with Crippen LogP contribution in [0.5, 0.6) is 0 Å². The number of carbonyl (C=O) groups is 2. The predicted molar refractivity (Wildman–Crippen MR) is 82.0 cm³/mol. The summed E-state index contributed by atoms with van der Waals surface area (Å²) in [5.41, 5.74) is 2.01. The number of esters is 1. The zero-order valence-corrected chi connectivity index (χ0v) is 13.3. The molecule has 1 aromatic rings. The van der Waals surface area contributed by atoms with Gasteiger partial charge in [-0.25, -0.2) is 0 Å². The Morgan fingerprint density at radius 3 is 2.43 bits per heavy atom. The zero-order valence-electron chi connectivity index (χ0n) is 13.3. The van der Waals surface area contributed by atoms with E-state index in [1.807, 2.05) is 32.9 Å². The van der Waals surface area contributed by atoms with Crippen LogP contribution in [0.4, 0.5) is 0 Å². The van der Waals surface area contributed by atoms with Gasteiger partial charge in [0.05, 0.1) is 0 Å². The van der Waals surface area contributed by atoms with E-state index >= 15 is 0 Å². The first-order chi connectivity index (χ1) is 9.78. The molecule has 3 nitrogen and oxygen atoms in total. The van der Waals surface area contributed by atoms with Crippen LogP contribution in [0.2, 0.25) is 0 Å². The Labute approximate surface area is 126 Å². The lowest BCUT2D eigenvalue weighted by Crippen LogP contribution is -2.35. The molecule has 0 aromatic heterocycles. The van der Waals surface area contributed by atoms with Crippen molar-refractivity contribution in [1.29, 1.82) is 0 Å². The van der Waals surface area contributed by atoms with Gasteiger partial charge in [0.15, 0.2) is 0 Å². The minimum Gasteiger partial charge on any atom is -0.459 e. The molecule has 0 radical (unpaired) electrons. The molecule has 0 fully saturated rings. The molecule has 0 saturated heterocycles. The lowest BCUT2D eigenvalue weighted by molar-refractivity contribution is -0.162. The molecule has 0 N–H and O–H groups in total. The van der Waals surface area contributed by atoms with Crippen molar-refractivity contribution >= 4 is 11.8 Å². The molecule has 0 spiro atoms. The molecule has 1 aromatic carbocycles.